The number of aromatic nitrogens is 6. The SMILES string of the molecule is CCn1c(-c2cnc(C)nc2)nc2c(-c3ccc4c(c3)C(C)(CC3CC3)C(=O)N4C)ncnc21. The first kappa shape index (κ1) is 20.9. The average Bonchev–Trinajstić information content (AvgIpc) is 3.55. The van der Waals surface area contributed by atoms with E-state index in [2.05, 4.69) is 44.4 Å². The van der Waals surface area contributed by atoms with Crippen molar-refractivity contribution in [3.05, 3.63) is 48.3 Å². The molecule has 0 saturated heterocycles. The van der Waals surface area contributed by atoms with Crippen LogP contribution in [-0.4, -0.2) is 42.4 Å². The predicted octanol–water partition coefficient (Wildman–Crippen LogP) is 4.31. The maximum Gasteiger partial charge on any atom is 0.237 e. The van der Waals surface area contributed by atoms with E-state index in [-0.39, 0.29) is 5.91 Å². The molecule has 3 aromatic heterocycles. The van der Waals surface area contributed by atoms with Crippen LogP contribution < -0.4 is 4.90 Å². The molecule has 172 valence electrons. The largest absolute Gasteiger partial charge is 0.314 e. The number of nitrogens with zero attached hydrogens (tertiary/aromatic N) is 7. The van der Waals surface area contributed by atoms with Crippen LogP contribution in [0.25, 0.3) is 33.8 Å². The highest BCUT2D eigenvalue weighted by Gasteiger charge is 2.48. The number of amides is 1. The molecule has 1 atom stereocenters. The first-order valence-electron chi connectivity index (χ1n) is 11.8. The number of benzene rings is 1. The molecule has 1 aliphatic carbocycles. The van der Waals surface area contributed by atoms with Crippen LogP contribution in [0.3, 0.4) is 0 Å². The van der Waals surface area contributed by atoms with E-state index in [1.165, 1.54) is 12.8 Å². The summed E-state index contributed by atoms with van der Waals surface area (Å²) in [5.74, 6) is 2.31. The first-order chi connectivity index (χ1) is 16.4. The molecule has 1 unspecified atom stereocenters. The van der Waals surface area contributed by atoms with E-state index in [0.29, 0.717) is 12.5 Å². The summed E-state index contributed by atoms with van der Waals surface area (Å²) in [5.41, 5.74) is 5.64. The third kappa shape index (κ3) is 3.04. The lowest BCUT2D eigenvalue weighted by Crippen LogP contribution is -2.36. The Hall–Kier alpha value is -3.68. The fraction of sp³-hybridized carbons (Fsp3) is 0.385. The first-order valence-corrected chi connectivity index (χ1v) is 11.8. The van der Waals surface area contributed by atoms with Gasteiger partial charge in [-0.2, -0.15) is 0 Å². The molecule has 6 rings (SSSR count). The van der Waals surface area contributed by atoms with Crippen molar-refractivity contribution in [1.82, 2.24) is 29.5 Å². The van der Waals surface area contributed by atoms with Gasteiger partial charge in [0.05, 0.1) is 11.0 Å². The zero-order valence-corrected chi connectivity index (χ0v) is 19.9. The van der Waals surface area contributed by atoms with Crippen LogP contribution in [0.2, 0.25) is 0 Å². The van der Waals surface area contributed by atoms with Crippen LogP contribution >= 0.6 is 0 Å². The lowest BCUT2D eigenvalue weighted by atomic mass is 9.78. The second kappa shape index (κ2) is 7.41. The van der Waals surface area contributed by atoms with Crippen molar-refractivity contribution in [3.8, 4) is 22.6 Å². The molecule has 0 spiro atoms. The zero-order chi connectivity index (χ0) is 23.6. The lowest BCUT2D eigenvalue weighted by Gasteiger charge is -2.23. The summed E-state index contributed by atoms with van der Waals surface area (Å²) in [5, 5.41) is 0. The van der Waals surface area contributed by atoms with Crippen LogP contribution in [0.5, 0.6) is 0 Å². The van der Waals surface area contributed by atoms with E-state index in [0.717, 1.165) is 57.3 Å². The van der Waals surface area contributed by atoms with Gasteiger partial charge in [0.2, 0.25) is 5.91 Å². The summed E-state index contributed by atoms with van der Waals surface area (Å²) in [6.07, 6.45) is 8.51. The van der Waals surface area contributed by atoms with Crippen LogP contribution in [0, 0.1) is 12.8 Å². The van der Waals surface area contributed by atoms with Gasteiger partial charge in [-0.1, -0.05) is 18.9 Å². The number of aryl methyl sites for hydroxylation is 2. The molecule has 1 aromatic carbocycles. The van der Waals surface area contributed by atoms with E-state index in [4.69, 9.17) is 4.98 Å². The molecule has 1 fully saturated rings. The molecule has 2 aliphatic rings. The number of likely N-dealkylation sites (N-methyl/N-ethyl adjacent to an activating group) is 1. The molecule has 0 N–H and O–H groups in total. The zero-order valence-electron chi connectivity index (χ0n) is 19.9. The van der Waals surface area contributed by atoms with Crippen LogP contribution in [0.1, 0.15) is 44.5 Å². The Labute approximate surface area is 198 Å². The summed E-state index contributed by atoms with van der Waals surface area (Å²) in [6.45, 7) is 6.74. The molecule has 0 bridgehead atoms. The van der Waals surface area contributed by atoms with Gasteiger partial charge in [-0.25, -0.2) is 24.9 Å². The Bertz CT molecular complexity index is 1440. The van der Waals surface area contributed by atoms with Crippen LogP contribution in [-0.2, 0) is 16.8 Å². The summed E-state index contributed by atoms with van der Waals surface area (Å²) in [7, 11) is 1.88. The number of carbonyl (C=O) groups excluding carboxylic acids is 1. The highest BCUT2D eigenvalue weighted by molar-refractivity contribution is 6.08. The minimum absolute atomic E-state index is 0.177. The molecule has 8 nitrogen and oxygen atoms in total. The molecular formula is C26H27N7O. The second-order valence-corrected chi connectivity index (χ2v) is 9.67. The van der Waals surface area contributed by atoms with Gasteiger partial charge in [-0.15, -0.1) is 0 Å². The van der Waals surface area contributed by atoms with E-state index >= 15 is 0 Å². The Morgan fingerprint density at radius 3 is 2.56 bits per heavy atom. The maximum atomic E-state index is 13.2. The van der Waals surface area contributed by atoms with Gasteiger partial charge < -0.3 is 9.47 Å². The molecular weight excluding hydrogens is 426 g/mol. The van der Waals surface area contributed by atoms with Gasteiger partial charge in [0.1, 0.15) is 29.2 Å². The fourth-order valence-electron chi connectivity index (χ4n) is 5.28. The average molecular weight is 454 g/mol. The van der Waals surface area contributed by atoms with Gasteiger partial charge >= 0.3 is 0 Å². The van der Waals surface area contributed by atoms with E-state index in [1.54, 1.807) is 23.6 Å². The fourth-order valence-corrected chi connectivity index (χ4v) is 5.28. The summed E-state index contributed by atoms with van der Waals surface area (Å²) in [4.78, 5) is 37.9. The highest BCUT2D eigenvalue weighted by atomic mass is 16.2. The van der Waals surface area contributed by atoms with Crippen LogP contribution in [0.4, 0.5) is 5.69 Å². The topological polar surface area (TPSA) is 89.7 Å². The van der Waals surface area contributed by atoms with Gasteiger partial charge in [-0.3, -0.25) is 4.79 Å². The Kier molecular flexibility index (Phi) is 4.56. The molecule has 1 saturated carbocycles. The third-order valence-electron chi connectivity index (χ3n) is 7.28. The van der Waals surface area contributed by atoms with Gasteiger partial charge in [0.15, 0.2) is 5.65 Å². The Balaban J connectivity index is 1.51. The molecule has 1 amide bonds. The van der Waals surface area contributed by atoms with E-state index in [9.17, 15) is 4.79 Å². The van der Waals surface area contributed by atoms with Crippen molar-refractivity contribution in [3.63, 3.8) is 0 Å². The highest BCUT2D eigenvalue weighted by Crippen LogP contribution is 2.50. The minimum Gasteiger partial charge on any atom is -0.314 e. The number of imidazole rings is 1. The molecule has 4 aromatic rings. The number of hydrogen-bond acceptors (Lipinski definition) is 6. The number of fused-ring (bicyclic) bond motifs is 2. The molecule has 8 heteroatoms. The van der Waals surface area contributed by atoms with Gasteiger partial charge in [0, 0.05) is 37.2 Å². The minimum atomic E-state index is -0.499. The predicted molar refractivity (Wildman–Crippen MR) is 130 cm³/mol. The molecule has 34 heavy (non-hydrogen) atoms. The lowest BCUT2D eigenvalue weighted by molar-refractivity contribution is -0.122. The summed E-state index contributed by atoms with van der Waals surface area (Å²) < 4.78 is 2.07. The van der Waals surface area contributed by atoms with Crippen molar-refractivity contribution in [1.29, 1.82) is 0 Å². The smallest absolute Gasteiger partial charge is 0.237 e. The number of rotatable bonds is 5. The summed E-state index contributed by atoms with van der Waals surface area (Å²) in [6, 6.07) is 6.22. The van der Waals surface area contributed by atoms with Crippen LogP contribution in [0.15, 0.2) is 36.9 Å². The standard InChI is InChI=1S/C26H27N7O/c1-5-33-23(18-12-27-15(2)28-13-18)31-22-21(29-14-30-24(22)33)17-8-9-20-19(10-17)26(3,11-16-6-7-16)25(34)32(20)4/h8-10,12-14,16H,5-7,11H2,1-4H3. The second-order valence-electron chi connectivity index (χ2n) is 9.67. The van der Waals surface area contributed by atoms with E-state index < -0.39 is 5.41 Å². The van der Waals surface area contributed by atoms with Crippen molar-refractivity contribution < 1.29 is 4.79 Å². The number of hydrogen-bond donors (Lipinski definition) is 0. The van der Waals surface area contributed by atoms with Crippen molar-refractivity contribution in [2.75, 3.05) is 11.9 Å². The molecule has 4 heterocycles. The Morgan fingerprint density at radius 2 is 1.85 bits per heavy atom. The normalized spacial score (nSPS) is 19.8. The van der Waals surface area contributed by atoms with Crippen molar-refractivity contribution in [2.24, 2.45) is 5.92 Å². The van der Waals surface area contributed by atoms with Crippen molar-refractivity contribution >= 4 is 22.8 Å². The maximum absolute atomic E-state index is 13.2. The summed E-state index contributed by atoms with van der Waals surface area (Å²) >= 11 is 0. The van der Waals surface area contributed by atoms with Gasteiger partial charge in [-0.05, 0) is 50.8 Å². The van der Waals surface area contributed by atoms with Crippen molar-refractivity contribution in [2.45, 2.75) is 52.0 Å². The monoisotopic (exact) mass is 453 g/mol. The quantitative estimate of drug-likeness (QED) is 0.447. The van der Waals surface area contributed by atoms with E-state index in [1.807, 2.05) is 26.1 Å². The molecule has 0 radical (unpaired) electrons. The Morgan fingerprint density at radius 1 is 1.09 bits per heavy atom. The van der Waals surface area contributed by atoms with Gasteiger partial charge in [0.25, 0.3) is 0 Å². The number of carbonyl (C=O) groups is 1. The molecule has 1 aliphatic heterocycles. The third-order valence-corrected chi connectivity index (χ3v) is 7.28. The number of anilines is 1.